The van der Waals surface area contributed by atoms with Gasteiger partial charge in [0.1, 0.15) is 0 Å². The van der Waals surface area contributed by atoms with Crippen LogP contribution < -0.4 is 10.6 Å². The Morgan fingerprint density at radius 1 is 1.25 bits per heavy atom. The Balaban J connectivity index is 0.00000147. The molecule has 4 heteroatoms. The van der Waals surface area contributed by atoms with Gasteiger partial charge >= 0.3 is 0 Å². The van der Waals surface area contributed by atoms with Gasteiger partial charge in [0.2, 0.25) is 5.91 Å². The van der Waals surface area contributed by atoms with Gasteiger partial charge in [-0.25, -0.2) is 0 Å². The molecule has 0 spiro atoms. The van der Waals surface area contributed by atoms with Crippen LogP contribution in [0.5, 0.6) is 0 Å². The Kier molecular flexibility index (Phi) is 5.44. The van der Waals surface area contributed by atoms with E-state index in [0.717, 1.165) is 25.8 Å². The van der Waals surface area contributed by atoms with Gasteiger partial charge in [0, 0.05) is 12.5 Å². The average Bonchev–Trinajstić information content (AvgIpc) is 2.92. The van der Waals surface area contributed by atoms with Crippen LogP contribution >= 0.6 is 12.4 Å². The smallest absolute Gasteiger partial charge is 0.222 e. The third-order valence-corrected chi connectivity index (χ3v) is 4.30. The van der Waals surface area contributed by atoms with Gasteiger partial charge in [0.15, 0.2) is 0 Å². The summed E-state index contributed by atoms with van der Waals surface area (Å²) in [4.78, 5) is 12.1. The number of carbonyl (C=O) groups excluding carboxylic acids is 1. The zero-order valence-corrected chi connectivity index (χ0v) is 12.5. The van der Waals surface area contributed by atoms with Gasteiger partial charge in [0.05, 0.1) is 6.04 Å². The lowest BCUT2D eigenvalue weighted by molar-refractivity contribution is -0.122. The minimum absolute atomic E-state index is 0. The zero-order chi connectivity index (χ0) is 13.1. The summed E-state index contributed by atoms with van der Waals surface area (Å²) in [7, 11) is 0. The molecule has 2 N–H and O–H groups in total. The maximum Gasteiger partial charge on any atom is 0.222 e. The van der Waals surface area contributed by atoms with Crippen LogP contribution in [0.2, 0.25) is 0 Å². The molecule has 0 radical (unpaired) electrons. The van der Waals surface area contributed by atoms with E-state index in [2.05, 4.69) is 34.9 Å². The van der Waals surface area contributed by atoms with Crippen LogP contribution in [-0.4, -0.2) is 18.5 Å². The second kappa shape index (κ2) is 7.09. The van der Waals surface area contributed by atoms with Crippen LogP contribution in [0.1, 0.15) is 49.3 Å². The quantitative estimate of drug-likeness (QED) is 0.900. The highest BCUT2D eigenvalue weighted by atomic mass is 35.5. The van der Waals surface area contributed by atoms with Crippen LogP contribution in [0, 0.1) is 0 Å². The topological polar surface area (TPSA) is 41.1 Å². The SMILES string of the molecule is Cl.O=C(CC1CCCN1)NC1CCCc2ccccc21. The summed E-state index contributed by atoms with van der Waals surface area (Å²) < 4.78 is 0. The van der Waals surface area contributed by atoms with Crippen molar-refractivity contribution in [3.8, 4) is 0 Å². The summed E-state index contributed by atoms with van der Waals surface area (Å²) in [6.45, 7) is 1.06. The molecule has 1 aromatic rings. The minimum atomic E-state index is 0. The van der Waals surface area contributed by atoms with Crippen molar-refractivity contribution >= 4 is 18.3 Å². The average molecular weight is 295 g/mol. The second-order valence-electron chi connectivity index (χ2n) is 5.71. The third kappa shape index (κ3) is 3.53. The maximum atomic E-state index is 12.1. The highest BCUT2D eigenvalue weighted by Crippen LogP contribution is 2.29. The van der Waals surface area contributed by atoms with E-state index in [1.165, 1.54) is 24.0 Å². The monoisotopic (exact) mass is 294 g/mol. The van der Waals surface area contributed by atoms with Crippen molar-refractivity contribution in [2.24, 2.45) is 0 Å². The van der Waals surface area contributed by atoms with E-state index in [1.54, 1.807) is 0 Å². The lowest BCUT2D eigenvalue weighted by atomic mass is 9.87. The van der Waals surface area contributed by atoms with Crippen LogP contribution in [0.25, 0.3) is 0 Å². The molecule has 110 valence electrons. The van der Waals surface area contributed by atoms with Crippen molar-refractivity contribution in [1.82, 2.24) is 10.6 Å². The summed E-state index contributed by atoms with van der Waals surface area (Å²) >= 11 is 0. The first-order valence-corrected chi connectivity index (χ1v) is 7.43. The van der Waals surface area contributed by atoms with Crippen LogP contribution in [0.15, 0.2) is 24.3 Å². The van der Waals surface area contributed by atoms with E-state index in [-0.39, 0.29) is 24.4 Å². The maximum absolute atomic E-state index is 12.1. The number of carbonyl (C=O) groups is 1. The Bertz CT molecular complexity index is 458. The molecule has 1 aromatic carbocycles. The van der Waals surface area contributed by atoms with Crippen molar-refractivity contribution in [3.05, 3.63) is 35.4 Å². The molecule has 2 unspecified atom stereocenters. The predicted molar refractivity (Wildman–Crippen MR) is 83.2 cm³/mol. The highest BCUT2D eigenvalue weighted by Gasteiger charge is 2.23. The van der Waals surface area contributed by atoms with E-state index in [0.29, 0.717) is 12.5 Å². The van der Waals surface area contributed by atoms with E-state index >= 15 is 0 Å². The largest absolute Gasteiger partial charge is 0.349 e. The fourth-order valence-electron chi connectivity index (χ4n) is 3.31. The first-order chi connectivity index (χ1) is 9.33. The number of amides is 1. The summed E-state index contributed by atoms with van der Waals surface area (Å²) in [6.07, 6.45) is 6.34. The van der Waals surface area contributed by atoms with E-state index in [9.17, 15) is 4.79 Å². The van der Waals surface area contributed by atoms with Gasteiger partial charge in [-0.2, -0.15) is 0 Å². The van der Waals surface area contributed by atoms with E-state index < -0.39 is 0 Å². The summed E-state index contributed by atoms with van der Waals surface area (Å²) in [5.74, 6) is 0.195. The highest BCUT2D eigenvalue weighted by molar-refractivity contribution is 5.85. The molecule has 1 saturated heterocycles. The molecule has 1 aliphatic heterocycles. The number of benzene rings is 1. The van der Waals surface area contributed by atoms with Crippen molar-refractivity contribution < 1.29 is 4.79 Å². The van der Waals surface area contributed by atoms with Gasteiger partial charge < -0.3 is 10.6 Å². The summed E-state index contributed by atoms with van der Waals surface area (Å²) in [5, 5.41) is 6.61. The lowest BCUT2D eigenvalue weighted by Gasteiger charge is -2.26. The minimum Gasteiger partial charge on any atom is -0.349 e. The summed E-state index contributed by atoms with van der Waals surface area (Å²) in [6, 6.07) is 9.12. The molecule has 0 saturated carbocycles. The Morgan fingerprint density at radius 3 is 2.90 bits per heavy atom. The predicted octanol–water partition coefficient (Wildman–Crippen LogP) is 2.74. The molecule has 2 atom stereocenters. The standard InChI is InChI=1S/C16H22N2O.ClH/c19-16(11-13-7-4-10-17-13)18-15-9-3-6-12-5-1-2-8-14(12)15;/h1-2,5,8,13,15,17H,3-4,6-7,9-11H2,(H,18,19);1H. The molecule has 0 bridgehead atoms. The molecular weight excluding hydrogens is 272 g/mol. The Hall–Kier alpha value is -1.06. The van der Waals surface area contributed by atoms with E-state index in [1.807, 2.05) is 0 Å². The number of halogens is 1. The van der Waals surface area contributed by atoms with Gasteiger partial charge in [-0.1, -0.05) is 24.3 Å². The second-order valence-corrected chi connectivity index (χ2v) is 5.71. The van der Waals surface area contributed by atoms with Crippen LogP contribution in [-0.2, 0) is 11.2 Å². The fraction of sp³-hybridized carbons (Fsp3) is 0.562. The lowest BCUT2D eigenvalue weighted by Crippen LogP contribution is -2.35. The van der Waals surface area contributed by atoms with Gasteiger partial charge in [-0.05, 0) is 49.8 Å². The van der Waals surface area contributed by atoms with Crippen LogP contribution in [0.4, 0.5) is 0 Å². The summed E-state index contributed by atoms with van der Waals surface area (Å²) in [5.41, 5.74) is 2.72. The Labute approximate surface area is 126 Å². The molecule has 1 amide bonds. The van der Waals surface area contributed by atoms with Gasteiger partial charge in [-0.15, -0.1) is 12.4 Å². The molecule has 1 fully saturated rings. The molecule has 2 aliphatic rings. The first kappa shape index (κ1) is 15.3. The number of aryl methyl sites for hydroxylation is 1. The van der Waals surface area contributed by atoms with Crippen molar-refractivity contribution in [1.29, 1.82) is 0 Å². The first-order valence-electron chi connectivity index (χ1n) is 7.43. The number of hydrogen-bond donors (Lipinski definition) is 2. The number of fused-ring (bicyclic) bond motifs is 1. The van der Waals surface area contributed by atoms with Crippen molar-refractivity contribution in [2.75, 3.05) is 6.54 Å². The number of hydrogen-bond acceptors (Lipinski definition) is 2. The molecule has 0 aromatic heterocycles. The van der Waals surface area contributed by atoms with Crippen molar-refractivity contribution in [2.45, 2.75) is 50.6 Å². The zero-order valence-electron chi connectivity index (χ0n) is 11.7. The number of nitrogens with one attached hydrogen (secondary N) is 2. The number of rotatable bonds is 3. The molecule has 20 heavy (non-hydrogen) atoms. The normalized spacial score (nSPS) is 24.6. The Morgan fingerprint density at radius 2 is 2.10 bits per heavy atom. The molecule has 3 nitrogen and oxygen atoms in total. The molecule has 3 rings (SSSR count). The molecule has 1 aliphatic carbocycles. The third-order valence-electron chi connectivity index (χ3n) is 4.30. The van der Waals surface area contributed by atoms with Gasteiger partial charge in [0.25, 0.3) is 0 Å². The van der Waals surface area contributed by atoms with E-state index in [4.69, 9.17) is 0 Å². The fourth-order valence-corrected chi connectivity index (χ4v) is 3.31. The van der Waals surface area contributed by atoms with Crippen LogP contribution in [0.3, 0.4) is 0 Å². The molecule has 1 heterocycles. The van der Waals surface area contributed by atoms with Crippen molar-refractivity contribution in [3.63, 3.8) is 0 Å². The molecular formula is C16H23ClN2O. The van der Waals surface area contributed by atoms with Gasteiger partial charge in [-0.3, -0.25) is 4.79 Å².